The van der Waals surface area contributed by atoms with Gasteiger partial charge in [-0.1, -0.05) is 66.7 Å². The Labute approximate surface area is 166 Å². The summed E-state index contributed by atoms with van der Waals surface area (Å²) in [5, 5.41) is 0. The quantitative estimate of drug-likeness (QED) is 0.567. The van der Waals surface area contributed by atoms with Crippen molar-refractivity contribution in [1.29, 1.82) is 0 Å². The van der Waals surface area contributed by atoms with Crippen LogP contribution in [-0.4, -0.2) is 18.3 Å². The zero-order chi connectivity index (χ0) is 19.9. The summed E-state index contributed by atoms with van der Waals surface area (Å²) in [6.07, 6.45) is 0. The number of hydrogen-bond donors (Lipinski definition) is 0. The fourth-order valence-electron chi connectivity index (χ4n) is 3.55. The molecule has 4 heteroatoms. The lowest BCUT2D eigenvalue weighted by Gasteiger charge is -2.32. The Morgan fingerprint density at radius 2 is 1.04 bits per heavy atom. The van der Waals surface area contributed by atoms with Gasteiger partial charge in [0.25, 0.3) is 0 Å². The van der Waals surface area contributed by atoms with Crippen LogP contribution in [0.4, 0.5) is 4.39 Å². The average Bonchev–Trinajstić information content (AvgIpc) is 2.89. The minimum atomic E-state index is -0.477. The molecule has 1 heterocycles. The lowest BCUT2D eigenvalue weighted by Crippen LogP contribution is -2.41. The van der Waals surface area contributed by atoms with Gasteiger partial charge in [0, 0.05) is 5.56 Å². The van der Waals surface area contributed by atoms with Gasteiger partial charge in [-0.2, -0.15) is 0 Å². The molecule has 0 atom stereocenters. The first kappa shape index (κ1) is 18.9. The second-order valence-electron chi connectivity index (χ2n) is 8.20. The van der Waals surface area contributed by atoms with Gasteiger partial charge < -0.3 is 9.31 Å². The Morgan fingerprint density at radius 1 is 0.607 bits per heavy atom. The Balaban J connectivity index is 1.85. The zero-order valence-corrected chi connectivity index (χ0v) is 16.7. The predicted molar refractivity (Wildman–Crippen MR) is 113 cm³/mol. The minimum Gasteiger partial charge on any atom is -0.399 e. The van der Waals surface area contributed by atoms with Gasteiger partial charge in [-0.05, 0) is 55.9 Å². The highest BCUT2D eigenvalue weighted by Gasteiger charge is 2.52. The van der Waals surface area contributed by atoms with Gasteiger partial charge in [-0.15, -0.1) is 0 Å². The summed E-state index contributed by atoms with van der Waals surface area (Å²) in [4.78, 5) is 0. The van der Waals surface area contributed by atoms with Crippen LogP contribution in [0.3, 0.4) is 0 Å². The van der Waals surface area contributed by atoms with E-state index >= 15 is 0 Å². The molecular formula is C24H24BFO2. The van der Waals surface area contributed by atoms with Crippen LogP contribution in [0, 0.1) is 5.82 Å². The summed E-state index contributed by atoms with van der Waals surface area (Å²) in [7, 11) is -0.477. The second kappa shape index (κ2) is 6.87. The molecule has 3 aromatic rings. The van der Waals surface area contributed by atoms with Crippen molar-refractivity contribution >= 4 is 12.6 Å². The summed E-state index contributed by atoms with van der Waals surface area (Å²) >= 11 is 0. The number of hydrogen-bond acceptors (Lipinski definition) is 2. The Hall–Kier alpha value is -2.43. The van der Waals surface area contributed by atoms with Crippen molar-refractivity contribution in [2.24, 2.45) is 0 Å². The van der Waals surface area contributed by atoms with Crippen molar-refractivity contribution in [3.63, 3.8) is 0 Å². The maximum absolute atomic E-state index is 14.5. The van der Waals surface area contributed by atoms with Crippen LogP contribution in [-0.2, 0) is 9.31 Å². The number of rotatable bonds is 3. The summed E-state index contributed by atoms with van der Waals surface area (Å²) < 4.78 is 27.1. The smallest absolute Gasteiger partial charge is 0.399 e. The molecule has 142 valence electrons. The topological polar surface area (TPSA) is 18.5 Å². The van der Waals surface area contributed by atoms with E-state index in [4.69, 9.17) is 9.31 Å². The van der Waals surface area contributed by atoms with Crippen molar-refractivity contribution in [3.8, 4) is 22.3 Å². The molecule has 0 unspecified atom stereocenters. The molecule has 1 saturated heterocycles. The van der Waals surface area contributed by atoms with Crippen molar-refractivity contribution in [3.05, 3.63) is 78.6 Å². The van der Waals surface area contributed by atoms with E-state index in [2.05, 4.69) is 0 Å². The molecule has 0 radical (unpaired) electrons. The highest BCUT2D eigenvalue weighted by Crippen LogP contribution is 2.38. The van der Waals surface area contributed by atoms with Crippen molar-refractivity contribution < 1.29 is 13.7 Å². The van der Waals surface area contributed by atoms with E-state index in [1.165, 1.54) is 6.07 Å². The molecule has 1 aliphatic rings. The van der Waals surface area contributed by atoms with Gasteiger partial charge in [0.05, 0.1) is 11.2 Å². The first-order valence-electron chi connectivity index (χ1n) is 9.59. The molecule has 0 aliphatic carbocycles. The first-order valence-corrected chi connectivity index (χ1v) is 9.59. The van der Waals surface area contributed by atoms with Crippen LogP contribution in [0.1, 0.15) is 27.7 Å². The standard InChI is InChI=1S/C24H24BFO2/c1-23(2)24(3,4)28-25(27-23)21-15-9-7-13-19(21)17-11-5-6-12-18(17)20-14-8-10-16-22(20)26/h5-16H,1-4H3. The van der Waals surface area contributed by atoms with Gasteiger partial charge in [0.1, 0.15) is 5.82 Å². The third kappa shape index (κ3) is 3.17. The monoisotopic (exact) mass is 374 g/mol. The van der Waals surface area contributed by atoms with E-state index < -0.39 is 18.3 Å². The number of benzene rings is 3. The van der Waals surface area contributed by atoms with Gasteiger partial charge in [-0.3, -0.25) is 0 Å². The molecule has 3 aromatic carbocycles. The second-order valence-corrected chi connectivity index (χ2v) is 8.20. The molecule has 1 fully saturated rings. The Morgan fingerprint density at radius 3 is 1.61 bits per heavy atom. The van der Waals surface area contributed by atoms with Crippen molar-refractivity contribution in [2.45, 2.75) is 38.9 Å². The van der Waals surface area contributed by atoms with Crippen LogP contribution in [0.5, 0.6) is 0 Å². The van der Waals surface area contributed by atoms with Crippen LogP contribution in [0.15, 0.2) is 72.8 Å². The lowest BCUT2D eigenvalue weighted by atomic mass is 9.73. The van der Waals surface area contributed by atoms with Crippen molar-refractivity contribution in [1.82, 2.24) is 0 Å². The molecular weight excluding hydrogens is 350 g/mol. The summed E-state index contributed by atoms with van der Waals surface area (Å²) in [5.41, 5.74) is 3.49. The van der Waals surface area contributed by atoms with Crippen LogP contribution in [0.25, 0.3) is 22.3 Å². The molecule has 4 rings (SSSR count). The highest BCUT2D eigenvalue weighted by atomic mass is 19.1. The minimum absolute atomic E-state index is 0.233. The summed E-state index contributed by atoms with van der Waals surface area (Å²) in [5.74, 6) is -0.233. The highest BCUT2D eigenvalue weighted by molar-refractivity contribution is 6.64. The molecule has 0 saturated carbocycles. The lowest BCUT2D eigenvalue weighted by molar-refractivity contribution is 0.00578. The average molecular weight is 374 g/mol. The van der Waals surface area contributed by atoms with E-state index in [9.17, 15) is 4.39 Å². The molecule has 28 heavy (non-hydrogen) atoms. The number of halogens is 1. The maximum Gasteiger partial charge on any atom is 0.495 e. The van der Waals surface area contributed by atoms with Gasteiger partial charge >= 0.3 is 7.12 Å². The zero-order valence-electron chi connectivity index (χ0n) is 16.7. The third-order valence-corrected chi connectivity index (χ3v) is 5.85. The molecule has 0 N–H and O–H groups in total. The fraction of sp³-hybridized carbons (Fsp3) is 0.250. The summed E-state index contributed by atoms with van der Waals surface area (Å²) in [6.45, 7) is 8.18. The van der Waals surface area contributed by atoms with Crippen LogP contribution in [0.2, 0.25) is 0 Å². The summed E-state index contributed by atoms with van der Waals surface area (Å²) in [6, 6.07) is 22.8. The predicted octanol–water partition coefficient (Wildman–Crippen LogP) is 5.46. The molecule has 0 spiro atoms. The normalized spacial score (nSPS) is 17.7. The molecule has 0 bridgehead atoms. The van der Waals surface area contributed by atoms with E-state index in [0.717, 1.165) is 22.2 Å². The SMILES string of the molecule is CC1(C)OB(c2ccccc2-c2ccccc2-c2ccccc2F)OC1(C)C. The van der Waals surface area contributed by atoms with E-state index in [0.29, 0.717) is 5.56 Å². The van der Waals surface area contributed by atoms with Crippen molar-refractivity contribution in [2.75, 3.05) is 0 Å². The van der Waals surface area contributed by atoms with Crippen LogP contribution < -0.4 is 5.46 Å². The van der Waals surface area contributed by atoms with E-state index in [-0.39, 0.29) is 5.82 Å². The largest absolute Gasteiger partial charge is 0.495 e. The van der Waals surface area contributed by atoms with Gasteiger partial charge in [0.15, 0.2) is 0 Å². The van der Waals surface area contributed by atoms with E-state index in [1.807, 2.05) is 88.4 Å². The van der Waals surface area contributed by atoms with Crippen LogP contribution >= 0.6 is 0 Å². The van der Waals surface area contributed by atoms with Gasteiger partial charge in [-0.25, -0.2) is 4.39 Å². The third-order valence-electron chi connectivity index (χ3n) is 5.85. The molecule has 1 aliphatic heterocycles. The molecule has 0 aromatic heterocycles. The van der Waals surface area contributed by atoms with Gasteiger partial charge in [0.2, 0.25) is 0 Å². The van der Waals surface area contributed by atoms with E-state index in [1.54, 1.807) is 6.07 Å². The Bertz CT molecular complexity index is 997. The first-order chi connectivity index (χ1) is 13.3. The Kier molecular flexibility index (Phi) is 4.64. The molecule has 0 amide bonds. The maximum atomic E-state index is 14.5. The molecule has 2 nitrogen and oxygen atoms in total. The fourth-order valence-corrected chi connectivity index (χ4v) is 3.55.